The second-order valence-electron chi connectivity index (χ2n) is 8.64. The van der Waals surface area contributed by atoms with Gasteiger partial charge in [0.25, 0.3) is 0 Å². The van der Waals surface area contributed by atoms with Gasteiger partial charge in [0.1, 0.15) is 11.2 Å². The Morgan fingerprint density at radius 1 is 1.18 bits per heavy atom. The van der Waals surface area contributed by atoms with Gasteiger partial charge >= 0.3 is 0 Å². The predicted molar refractivity (Wildman–Crippen MR) is 118 cm³/mol. The molecule has 0 bridgehead atoms. The molecule has 0 unspecified atom stereocenters. The van der Waals surface area contributed by atoms with Crippen molar-refractivity contribution in [1.29, 1.82) is 0 Å². The van der Waals surface area contributed by atoms with Gasteiger partial charge in [-0.2, -0.15) is 5.10 Å². The van der Waals surface area contributed by atoms with Crippen LogP contribution in [0.15, 0.2) is 18.6 Å². The third kappa shape index (κ3) is 2.71. The highest BCUT2D eigenvalue weighted by Crippen LogP contribution is 2.46. The van der Waals surface area contributed by atoms with Gasteiger partial charge in [-0.15, -0.1) is 11.3 Å². The van der Waals surface area contributed by atoms with Gasteiger partial charge in [0, 0.05) is 22.0 Å². The average molecular weight is 393 g/mol. The van der Waals surface area contributed by atoms with E-state index < -0.39 is 0 Å². The molecule has 1 saturated carbocycles. The molecule has 0 saturated heterocycles. The van der Waals surface area contributed by atoms with Gasteiger partial charge in [-0.3, -0.25) is 0 Å². The zero-order chi connectivity index (χ0) is 19.4. The summed E-state index contributed by atoms with van der Waals surface area (Å²) >= 11 is 2.00. The summed E-state index contributed by atoms with van der Waals surface area (Å²) in [6.07, 6.45) is 10.6. The number of aryl methyl sites for hydroxylation is 2. The predicted octanol–water partition coefficient (Wildman–Crippen LogP) is 6.73. The topological polar surface area (TPSA) is 46.0 Å². The van der Waals surface area contributed by atoms with Crippen molar-refractivity contribution in [3.63, 3.8) is 0 Å². The van der Waals surface area contributed by atoms with Gasteiger partial charge in [0.05, 0.1) is 5.69 Å². The van der Waals surface area contributed by atoms with E-state index in [-0.39, 0.29) is 0 Å². The molecule has 1 aliphatic rings. The van der Waals surface area contributed by atoms with Crippen molar-refractivity contribution in [2.24, 2.45) is 0 Å². The van der Waals surface area contributed by atoms with E-state index >= 15 is 0 Å². The lowest BCUT2D eigenvalue weighted by Gasteiger charge is -2.21. The van der Waals surface area contributed by atoms with E-state index in [2.05, 4.69) is 55.0 Å². The Balaban J connectivity index is 1.69. The first kappa shape index (κ1) is 17.9. The van der Waals surface area contributed by atoms with Gasteiger partial charge in [-0.25, -0.2) is 9.50 Å². The maximum atomic E-state index is 4.37. The number of nitrogens with one attached hydrogen (secondary N) is 1. The minimum absolute atomic E-state index is 0.461. The molecule has 1 fully saturated rings. The third-order valence-electron chi connectivity index (χ3n) is 6.36. The average Bonchev–Trinajstić information content (AvgIpc) is 3.37. The van der Waals surface area contributed by atoms with Gasteiger partial charge in [0.2, 0.25) is 0 Å². The molecule has 0 amide bonds. The number of hydrogen-bond donors (Lipinski definition) is 1. The lowest BCUT2D eigenvalue weighted by atomic mass is 9.86. The minimum atomic E-state index is 0.461. The van der Waals surface area contributed by atoms with Gasteiger partial charge < -0.3 is 4.98 Å². The fraction of sp³-hybridized carbons (Fsp3) is 0.478. The number of hydrogen-bond acceptors (Lipinski definition) is 3. The molecule has 0 aliphatic heterocycles. The van der Waals surface area contributed by atoms with Crippen molar-refractivity contribution in [2.45, 2.75) is 71.6 Å². The SMILES string of the molecule is Cc1c(C2CCCCC2)sc2[nH]c(-c3cc(C)c4ncnn4c3)c(C(C)C)c12. The Morgan fingerprint density at radius 3 is 2.71 bits per heavy atom. The Kier molecular flexibility index (Phi) is 4.31. The summed E-state index contributed by atoms with van der Waals surface area (Å²) in [7, 11) is 0. The summed E-state index contributed by atoms with van der Waals surface area (Å²) in [5.41, 5.74) is 7.49. The van der Waals surface area contributed by atoms with Crippen LogP contribution in [0.1, 0.15) is 79.4 Å². The van der Waals surface area contributed by atoms with E-state index in [1.807, 2.05) is 15.9 Å². The molecule has 4 aromatic rings. The molecular formula is C23H28N4S. The summed E-state index contributed by atoms with van der Waals surface area (Å²) in [6, 6.07) is 2.24. The summed E-state index contributed by atoms with van der Waals surface area (Å²) in [5.74, 6) is 1.22. The quantitative estimate of drug-likeness (QED) is 0.420. The standard InChI is InChI=1S/C23H28N4S/c1-13(2)18-19-15(4)21(16-8-6-5-7-9-16)28-23(19)26-20(18)17-10-14(3)22-24-12-25-27(22)11-17/h10-13,16,26H,5-9H2,1-4H3. The number of aromatic amines is 1. The second-order valence-corrected chi connectivity index (χ2v) is 9.69. The summed E-state index contributed by atoms with van der Waals surface area (Å²) in [5, 5.41) is 5.83. The van der Waals surface area contributed by atoms with E-state index in [9.17, 15) is 0 Å². The van der Waals surface area contributed by atoms with Crippen molar-refractivity contribution in [3.8, 4) is 11.3 Å². The van der Waals surface area contributed by atoms with Crippen LogP contribution in [0, 0.1) is 13.8 Å². The first-order valence-corrected chi connectivity index (χ1v) is 11.3. The molecular weight excluding hydrogens is 364 g/mol. The molecule has 28 heavy (non-hydrogen) atoms. The number of H-pyrrole nitrogens is 1. The smallest absolute Gasteiger partial charge is 0.158 e. The van der Waals surface area contributed by atoms with E-state index in [0.717, 1.165) is 17.1 Å². The van der Waals surface area contributed by atoms with Crippen molar-refractivity contribution in [3.05, 3.63) is 40.2 Å². The van der Waals surface area contributed by atoms with Crippen LogP contribution in [0.3, 0.4) is 0 Å². The van der Waals surface area contributed by atoms with Crippen LogP contribution in [-0.2, 0) is 0 Å². The maximum absolute atomic E-state index is 4.37. The molecule has 5 rings (SSSR count). The zero-order valence-corrected chi connectivity index (χ0v) is 18.0. The van der Waals surface area contributed by atoms with Crippen molar-refractivity contribution >= 4 is 27.2 Å². The minimum Gasteiger partial charge on any atom is -0.346 e. The number of pyridine rings is 1. The fourth-order valence-electron chi connectivity index (χ4n) is 5.04. The third-order valence-corrected chi connectivity index (χ3v) is 7.73. The van der Waals surface area contributed by atoms with Crippen molar-refractivity contribution in [2.75, 3.05) is 0 Å². The molecule has 5 heteroatoms. The molecule has 0 atom stereocenters. The Labute approximate surface area is 170 Å². The van der Waals surface area contributed by atoms with E-state index in [1.165, 1.54) is 64.7 Å². The van der Waals surface area contributed by atoms with E-state index in [4.69, 9.17) is 0 Å². The van der Waals surface area contributed by atoms with Gasteiger partial charge in [-0.1, -0.05) is 33.1 Å². The van der Waals surface area contributed by atoms with Crippen LogP contribution >= 0.6 is 11.3 Å². The molecule has 1 N–H and O–H groups in total. The number of thiophene rings is 1. The van der Waals surface area contributed by atoms with Gasteiger partial charge in [0.15, 0.2) is 5.65 Å². The largest absolute Gasteiger partial charge is 0.346 e. The lowest BCUT2D eigenvalue weighted by molar-refractivity contribution is 0.447. The summed E-state index contributed by atoms with van der Waals surface area (Å²) in [4.78, 5) is 11.1. The molecule has 4 nitrogen and oxygen atoms in total. The molecule has 4 aromatic heterocycles. The monoisotopic (exact) mass is 392 g/mol. The number of rotatable bonds is 3. The second kappa shape index (κ2) is 6.73. The van der Waals surface area contributed by atoms with Crippen LogP contribution in [0.2, 0.25) is 0 Å². The van der Waals surface area contributed by atoms with Crippen LogP contribution in [0.5, 0.6) is 0 Å². The normalized spacial score (nSPS) is 16.0. The van der Waals surface area contributed by atoms with Crippen LogP contribution in [0.4, 0.5) is 0 Å². The van der Waals surface area contributed by atoms with E-state index in [0.29, 0.717) is 5.92 Å². The van der Waals surface area contributed by atoms with Crippen molar-refractivity contribution in [1.82, 2.24) is 19.6 Å². The lowest BCUT2D eigenvalue weighted by Crippen LogP contribution is -2.04. The fourth-order valence-corrected chi connectivity index (χ4v) is 6.43. The highest BCUT2D eigenvalue weighted by atomic mass is 32.1. The van der Waals surface area contributed by atoms with Crippen molar-refractivity contribution < 1.29 is 0 Å². The molecule has 1 aliphatic carbocycles. The highest BCUT2D eigenvalue weighted by molar-refractivity contribution is 7.19. The summed E-state index contributed by atoms with van der Waals surface area (Å²) in [6.45, 7) is 9.08. The summed E-state index contributed by atoms with van der Waals surface area (Å²) < 4.78 is 1.89. The number of nitrogens with zero attached hydrogens (tertiary/aromatic N) is 3. The van der Waals surface area contributed by atoms with Gasteiger partial charge in [-0.05, 0) is 61.3 Å². The highest BCUT2D eigenvalue weighted by Gasteiger charge is 2.26. The van der Waals surface area contributed by atoms with E-state index in [1.54, 1.807) is 11.2 Å². The first-order chi connectivity index (χ1) is 13.5. The molecule has 0 spiro atoms. The zero-order valence-electron chi connectivity index (χ0n) is 17.2. The molecule has 0 aromatic carbocycles. The maximum Gasteiger partial charge on any atom is 0.158 e. The Morgan fingerprint density at radius 2 is 1.96 bits per heavy atom. The van der Waals surface area contributed by atoms with Crippen LogP contribution < -0.4 is 0 Å². The molecule has 146 valence electrons. The molecule has 0 radical (unpaired) electrons. The Bertz CT molecular complexity index is 1150. The first-order valence-electron chi connectivity index (χ1n) is 10.5. The van der Waals surface area contributed by atoms with Crippen LogP contribution in [-0.4, -0.2) is 19.6 Å². The van der Waals surface area contributed by atoms with Crippen LogP contribution in [0.25, 0.3) is 27.1 Å². The number of aromatic nitrogens is 4. The molecule has 4 heterocycles. The number of fused-ring (bicyclic) bond motifs is 2. The Hall–Kier alpha value is -2.14.